The topological polar surface area (TPSA) is 67.6 Å². The number of carbonyl (C=O) groups excluding carboxylic acids is 1. The lowest BCUT2D eigenvalue weighted by Crippen LogP contribution is -2.33. The summed E-state index contributed by atoms with van der Waals surface area (Å²) >= 11 is 6.19. The summed E-state index contributed by atoms with van der Waals surface area (Å²) in [5.74, 6) is -0.440. The minimum Gasteiger partial charge on any atom is -0.465 e. The molecule has 6 heteroatoms. The van der Waals surface area contributed by atoms with Crippen molar-refractivity contribution in [2.45, 2.75) is 19.3 Å². The van der Waals surface area contributed by atoms with E-state index in [9.17, 15) is 4.79 Å². The molecule has 0 atom stereocenters. The zero-order chi connectivity index (χ0) is 15.2. The van der Waals surface area contributed by atoms with E-state index in [1.54, 1.807) is 12.1 Å². The molecule has 0 saturated carbocycles. The fourth-order valence-electron chi connectivity index (χ4n) is 2.60. The summed E-state index contributed by atoms with van der Waals surface area (Å²) in [7, 11) is 1.34. The van der Waals surface area contributed by atoms with E-state index in [-0.39, 0.29) is 0 Å². The summed E-state index contributed by atoms with van der Waals surface area (Å²) < 4.78 is 4.78. The van der Waals surface area contributed by atoms with Gasteiger partial charge in [-0.3, -0.25) is 0 Å². The maximum Gasteiger partial charge on any atom is 0.340 e. The Labute approximate surface area is 130 Å². The van der Waals surface area contributed by atoms with Crippen molar-refractivity contribution in [2.24, 2.45) is 0 Å². The molecule has 21 heavy (non-hydrogen) atoms. The Morgan fingerprint density at radius 1 is 1.38 bits per heavy atom. The molecular weight excluding hydrogens is 290 g/mol. The molecule has 1 saturated heterocycles. The van der Waals surface area contributed by atoms with E-state index in [0.29, 0.717) is 22.0 Å². The number of hydrogen-bond donors (Lipinski definition) is 2. The SMILES string of the molecule is COC(=O)c1cc(N)cc(Cl)c1NCCN1CCCCC1. The normalized spacial score (nSPS) is 15.7. The van der Waals surface area contributed by atoms with Crippen LogP contribution in [0.1, 0.15) is 29.6 Å². The molecule has 1 aliphatic heterocycles. The summed E-state index contributed by atoms with van der Waals surface area (Å²) in [4.78, 5) is 14.2. The van der Waals surface area contributed by atoms with Crippen LogP contribution in [0.4, 0.5) is 11.4 Å². The third kappa shape index (κ3) is 4.25. The number of rotatable bonds is 5. The minimum atomic E-state index is -0.440. The Balaban J connectivity index is 2.02. The highest BCUT2D eigenvalue weighted by Crippen LogP contribution is 2.29. The molecule has 0 unspecified atom stereocenters. The molecule has 0 spiro atoms. The molecule has 116 valence electrons. The molecule has 2 rings (SSSR count). The van der Waals surface area contributed by atoms with Crippen LogP contribution in [0.2, 0.25) is 5.02 Å². The van der Waals surface area contributed by atoms with Crippen molar-refractivity contribution in [3.05, 3.63) is 22.7 Å². The molecule has 0 aliphatic carbocycles. The van der Waals surface area contributed by atoms with Gasteiger partial charge >= 0.3 is 5.97 Å². The van der Waals surface area contributed by atoms with Gasteiger partial charge in [-0.2, -0.15) is 0 Å². The van der Waals surface area contributed by atoms with Gasteiger partial charge in [-0.15, -0.1) is 0 Å². The highest BCUT2D eigenvalue weighted by Gasteiger charge is 2.16. The molecule has 0 bridgehead atoms. The lowest BCUT2D eigenvalue weighted by atomic mass is 10.1. The number of nitrogens with zero attached hydrogens (tertiary/aromatic N) is 1. The van der Waals surface area contributed by atoms with Crippen LogP contribution in [0.25, 0.3) is 0 Å². The molecular formula is C15H22ClN3O2. The van der Waals surface area contributed by atoms with E-state index in [0.717, 1.165) is 26.2 Å². The number of piperidine rings is 1. The number of ether oxygens (including phenoxy) is 1. The number of anilines is 2. The third-order valence-corrected chi connectivity index (χ3v) is 3.99. The zero-order valence-electron chi connectivity index (χ0n) is 12.3. The van der Waals surface area contributed by atoms with Crippen LogP contribution in [-0.2, 0) is 4.74 Å². The summed E-state index contributed by atoms with van der Waals surface area (Å²) in [6.45, 7) is 3.94. The minimum absolute atomic E-state index is 0.376. The van der Waals surface area contributed by atoms with Crippen molar-refractivity contribution in [1.82, 2.24) is 4.90 Å². The summed E-state index contributed by atoms with van der Waals surface area (Å²) in [5.41, 5.74) is 7.15. The first kappa shape index (κ1) is 15.9. The number of likely N-dealkylation sites (tertiary alicyclic amines) is 1. The zero-order valence-corrected chi connectivity index (χ0v) is 13.1. The van der Waals surface area contributed by atoms with Crippen molar-refractivity contribution in [3.8, 4) is 0 Å². The van der Waals surface area contributed by atoms with Gasteiger partial charge in [0.25, 0.3) is 0 Å². The predicted molar refractivity (Wildman–Crippen MR) is 86.0 cm³/mol. The van der Waals surface area contributed by atoms with Gasteiger partial charge < -0.3 is 20.7 Å². The Bertz CT molecular complexity index is 502. The average Bonchev–Trinajstić information content (AvgIpc) is 2.49. The summed E-state index contributed by atoms with van der Waals surface area (Å²) in [5, 5.41) is 3.68. The van der Waals surface area contributed by atoms with Crippen molar-refractivity contribution in [2.75, 3.05) is 44.3 Å². The quantitative estimate of drug-likeness (QED) is 0.646. The summed E-state index contributed by atoms with van der Waals surface area (Å²) in [6.07, 6.45) is 3.84. The van der Waals surface area contributed by atoms with Crippen molar-refractivity contribution >= 4 is 28.9 Å². The van der Waals surface area contributed by atoms with Crippen LogP contribution in [0.3, 0.4) is 0 Å². The number of nitrogens with one attached hydrogen (secondary N) is 1. The van der Waals surface area contributed by atoms with Crippen molar-refractivity contribution in [1.29, 1.82) is 0 Å². The second kappa shape index (κ2) is 7.52. The van der Waals surface area contributed by atoms with Gasteiger partial charge in [0.2, 0.25) is 0 Å². The highest BCUT2D eigenvalue weighted by molar-refractivity contribution is 6.34. The summed E-state index contributed by atoms with van der Waals surface area (Å²) in [6, 6.07) is 3.22. The maximum absolute atomic E-state index is 11.8. The molecule has 1 aromatic rings. The number of halogens is 1. The number of benzene rings is 1. The van der Waals surface area contributed by atoms with Crippen molar-refractivity contribution in [3.63, 3.8) is 0 Å². The lowest BCUT2D eigenvalue weighted by Gasteiger charge is -2.26. The van der Waals surface area contributed by atoms with Gasteiger partial charge in [0.05, 0.1) is 23.4 Å². The van der Waals surface area contributed by atoms with Gasteiger partial charge in [0.15, 0.2) is 0 Å². The maximum atomic E-state index is 11.8. The Morgan fingerprint density at radius 3 is 2.76 bits per heavy atom. The first-order valence-electron chi connectivity index (χ1n) is 7.25. The Hall–Kier alpha value is -1.46. The molecule has 1 heterocycles. The predicted octanol–water partition coefficient (Wildman–Crippen LogP) is 2.61. The van der Waals surface area contributed by atoms with Crippen LogP contribution in [0, 0.1) is 0 Å². The lowest BCUT2D eigenvalue weighted by molar-refractivity contribution is 0.0602. The van der Waals surface area contributed by atoms with Crippen LogP contribution in [0.5, 0.6) is 0 Å². The van der Waals surface area contributed by atoms with Crippen LogP contribution < -0.4 is 11.1 Å². The fraction of sp³-hybridized carbons (Fsp3) is 0.533. The van der Waals surface area contributed by atoms with Gasteiger partial charge in [-0.25, -0.2) is 4.79 Å². The second-order valence-corrected chi connectivity index (χ2v) is 5.65. The largest absolute Gasteiger partial charge is 0.465 e. The Morgan fingerprint density at radius 2 is 2.10 bits per heavy atom. The molecule has 3 N–H and O–H groups in total. The van der Waals surface area contributed by atoms with Gasteiger partial charge in [-0.1, -0.05) is 18.0 Å². The molecule has 1 fully saturated rings. The molecule has 0 aromatic heterocycles. The van der Waals surface area contributed by atoms with Gasteiger partial charge in [0, 0.05) is 18.8 Å². The fourth-order valence-corrected chi connectivity index (χ4v) is 2.89. The smallest absolute Gasteiger partial charge is 0.340 e. The number of carbonyl (C=O) groups is 1. The van der Waals surface area contributed by atoms with E-state index < -0.39 is 5.97 Å². The second-order valence-electron chi connectivity index (χ2n) is 5.25. The van der Waals surface area contributed by atoms with E-state index in [1.165, 1.54) is 26.4 Å². The van der Waals surface area contributed by atoms with Gasteiger partial charge in [-0.05, 0) is 38.1 Å². The number of methoxy groups -OCH3 is 1. The molecule has 5 nitrogen and oxygen atoms in total. The van der Waals surface area contributed by atoms with E-state index in [2.05, 4.69) is 10.2 Å². The standard InChI is InChI=1S/C15H22ClN3O2/c1-21-15(20)12-9-11(17)10-13(16)14(12)18-5-8-19-6-3-2-4-7-19/h9-10,18H,2-8,17H2,1H3. The molecule has 0 radical (unpaired) electrons. The molecule has 0 amide bonds. The number of nitrogens with two attached hydrogens (primary N) is 1. The third-order valence-electron chi connectivity index (χ3n) is 3.70. The number of hydrogen-bond acceptors (Lipinski definition) is 5. The van der Waals surface area contributed by atoms with Gasteiger partial charge in [0.1, 0.15) is 0 Å². The van der Waals surface area contributed by atoms with Crippen LogP contribution in [0.15, 0.2) is 12.1 Å². The monoisotopic (exact) mass is 311 g/mol. The molecule has 1 aliphatic rings. The Kier molecular flexibility index (Phi) is 5.70. The average molecular weight is 312 g/mol. The van der Waals surface area contributed by atoms with E-state index in [4.69, 9.17) is 22.1 Å². The van der Waals surface area contributed by atoms with Crippen LogP contribution >= 0.6 is 11.6 Å². The molecule has 1 aromatic carbocycles. The van der Waals surface area contributed by atoms with Crippen LogP contribution in [-0.4, -0.2) is 44.2 Å². The number of nitrogen functional groups attached to an aromatic ring is 1. The first-order valence-corrected chi connectivity index (χ1v) is 7.63. The van der Waals surface area contributed by atoms with E-state index in [1.807, 2.05) is 0 Å². The van der Waals surface area contributed by atoms with E-state index >= 15 is 0 Å². The first-order chi connectivity index (χ1) is 10.1. The number of esters is 1. The highest BCUT2D eigenvalue weighted by atomic mass is 35.5. The van der Waals surface area contributed by atoms with Crippen molar-refractivity contribution < 1.29 is 9.53 Å².